The Hall–Kier alpha value is -2.00. The zero-order valence-corrected chi connectivity index (χ0v) is 14.2. The summed E-state index contributed by atoms with van der Waals surface area (Å²) in [5.74, 6) is -1.12. The van der Waals surface area contributed by atoms with Gasteiger partial charge in [-0.05, 0) is 46.9 Å². The van der Waals surface area contributed by atoms with Crippen LogP contribution >= 0.6 is 15.9 Å². The monoisotopic (exact) mass is 372 g/mol. The van der Waals surface area contributed by atoms with E-state index in [2.05, 4.69) is 22.9 Å². The molecule has 0 fully saturated rings. The van der Waals surface area contributed by atoms with Gasteiger partial charge in [-0.1, -0.05) is 59.3 Å². The normalized spacial score (nSPS) is 10.8. The van der Waals surface area contributed by atoms with Crippen molar-refractivity contribution in [3.63, 3.8) is 0 Å². The molecule has 0 amide bonds. The average Bonchev–Trinajstić information content (AvgIpc) is 2.55. The van der Waals surface area contributed by atoms with Gasteiger partial charge in [0.25, 0.3) is 0 Å². The van der Waals surface area contributed by atoms with E-state index in [9.17, 15) is 8.78 Å². The smallest absolute Gasteiger partial charge is 0.134 e. The lowest BCUT2D eigenvalue weighted by Gasteiger charge is -2.13. The first kappa shape index (κ1) is 15.9. The highest BCUT2D eigenvalue weighted by atomic mass is 79.9. The van der Waals surface area contributed by atoms with Crippen LogP contribution in [0.3, 0.4) is 0 Å². The molecule has 3 aromatic carbocycles. The fourth-order valence-corrected chi connectivity index (χ4v) is 2.90. The molecule has 0 aliphatic heterocycles. The summed E-state index contributed by atoms with van der Waals surface area (Å²) >= 11 is 3.38. The number of rotatable bonds is 3. The lowest BCUT2D eigenvalue weighted by molar-refractivity contribution is 0.586. The van der Waals surface area contributed by atoms with Crippen molar-refractivity contribution in [3.05, 3.63) is 82.3 Å². The first-order valence-electron chi connectivity index (χ1n) is 7.43. The van der Waals surface area contributed by atoms with Gasteiger partial charge >= 0.3 is 0 Å². The highest BCUT2D eigenvalue weighted by Crippen LogP contribution is 2.35. The lowest BCUT2D eigenvalue weighted by Crippen LogP contribution is -1.93. The van der Waals surface area contributed by atoms with Gasteiger partial charge in [0, 0.05) is 16.1 Å². The van der Waals surface area contributed by atoms with Gasteiger partial charge in [0.05, 0.1) is 0 Å². The van der Waals surface area contributed by atoms with Crippen LogP contribution in [0.5, 0.6) is 0 Å². The molecule has 0 radical (unpaired) electrons. The van der Waals surface area contributed by atoms with Crippen LogP contribution in [-0.4, -0.2) is 0 Å². The third-order valence-electron chi connectivity index (χ3n) is 3.86. The van der Waals surface area contributed by atoms with Crippen LogP contribution in [0.25, 0.3) is 22.3 Å². The van der Waals surface area contributed by atoms with E-state index in [4.69, 9.17) is 0 Å². The molecule has 3 aromatic rings. The van der Waals surface area contributed by atoms with Crippen molar-refractivity contribution in [1.82, 2.24) is 0 Å². The SMILES string of the molecule is CCc1ccc(-c2c(F)cc(F)cc2-c2ccc(Br)cc2)cc1. The van der Waals surface area contributed by atoms with Gasteiger partial charge in [-0.25, -0.2) is 8.78 Å². The van der Waals surface area contributed by atoms with E-state index >= 15 is 0 Å². The Morgan fingerprint density at radius 2 is 1.43 bits per heavy atom. The van der Waals surface area contributed by atoms with Gasteiger partial charge in [-0.15, -0.1) is 0 Å². The second kappa shape index (κ2) is 6.63. The largest absolute Gasteiger partial charge is 0.207 e. The second-order valence-electron chi connectivity index (χ2n) is 5.37. The zero-order valence-electron chi connectivity index (χ0n) is 12.6. The van der Waals surface area contributed by atoms with E-state index in [0.717, 1.165) is 28.1 Å². The van der Waals surface area contributed by atoms with E-state index in [1.165, 1.54) is 11.6 Å². The molecule has 0 saturated heterocycles. The Kier molecular flexibility index (Phi) is 4.58. The van der Waals surface area contributed by atoms with Crippen LogP contribution in [-0.2, 0) is 6.42 Å². The van der Waals surface area contributed by atoms with Crippen molar-refractivity contribution in [2.24, 2.45) is 0 Å². The zero-order chi connectivity index (χ0) is 16.4. The molecule has 0 aliphatic rings. The number of halogens is 3. The molecule has 0 nitrogen and oxygen atoms in total. The Bertz CT molecular complexity index is 822. The van der Waals surface area contributed by atoms with Crippen LogP contribution in [0.4, 0.5) is 8.78 Å². The molecule has 23 heavy (non-hydrogen) atoms. The molecule has 3 rings (SSSR count). The van der Waals surface area contributed by atoms with Crippen LogP contribution in [0, 0.1) is 11.6 Å². The molecule has 0 bridgehead atoms. The molecule has 0 spiro atoms. The van der Waals surface area contributed by atoms with Gasteiger partial charge in [-0.2, -0.15) is 0 Å². The van der Waals surface area contributed by atoms with E-state index in [0.29, 0.717) is 11.1 Å². The molecule has 116 valence electrons. The minimum absolute atomic E-state index is 0.427. The van der Waals surface area contributed by atoms with Crippen molar-refractivity contribution >= 4 is 15.9 Å². The molecule has 0 unspecified atom stereocenters. The minimum atomic E-state index is -0.575. The molecule has 0 saturated carbocycles. The van der Waals surface area contributed by atoms with Gasteiger partial charge in [-0.3, -0.25) is 0 Å². The molecule has 0 aromatic heterocycles. The topological polar surface area (TPSA) is 0 Å². The number of hydrogen-bond acceptors (Lipinski definition) is 0. The van der Waals surface area contributed by atoms with Crippen molar-refractivity contribution in [2.45, 2.75) is 13.3 Å². The van der Waals surface area contributed by atoms with Crippen LogP contribution in [0.15, 0.2) is 65.1 Å². The lowest BCUT2D eigenvalue weighted by atomic mass is 9.93. The Morgan fingerprint density at radius 1 is 0.826 bits per heavy atom. The first-order valence-corrected chi connectivity index (χ1v) is 8.22. The molecule has 0 aliphatic carbocycles. The summed E-state index contributed by atoms with van der Waals surface area (Å²) in [6, 6.07) is 17.5. The van der Waals surface area contributed by atoms with Crippen LogP contribution in [0.2, 0.25) is 0 Å². The number of benzene rings is 3. The number of hydrogen-bond donors (Lipinski definition) is 0. The average molecular weight is 373 g/mol. The molecule has 0 atom stereocenters. The van der Waals surface area contributed by atoms with E-state index in [-0.39, 0.29) is 0 Å². The van der Waals surface area contributed by atoms with Gasteiger partial charge in [0.1, 0.15) is 11.6 Å². The minimum Gasteiger partial charge on any atom is -0.207 e. The predicted octanol–water partition coefficient (Wildman–Crippen LogP) is 6.62. The van der Waals surface area contributed by atoms with Gasteiger partial charge in [0.15, 0.2) is 0 Å². The van der Waals surface area contributed by atoms with Crippen molar-refractivity contribution in [1.29, 1.82) is 0 Å². The maximum atomic E-state index is 14.5. The van der Waals surface area contributed by atoms with Crippen LogP contribution < -0.4 is 0 Å². The third-order valence-corrected chi connectivity index (χ3v) is 4.39. The maximum Gasteiger partial charge on any atom is 0.134 e. The molecular weight excluding hydrogens is 358 g/mol. The first-order chi connectivity index (χ1) is 11.1. The maximum absolute atomic E-state index is 14.5. The van der Waals surface area contributed by atoms with Crippen molar-refractivity contribution in [3.8, 4) is 22.3 Å². The molecule has 0 N–H and O–H groups in total. The third kappa shape index (κ3) is 3.35. The second-order valence-corrected chi connectivity index (χ2v) is 6.28. The molecule has 0 heterocycles. The molecular formula is C20H15BrF2. The quantitative estimate of drug-likeness (QED) is 0.484. The standard InChI is InChI=1S/C20H15BrF2/c1-2-13-3-5-15(6-4-13)20-18(11-17(22)12-19(20)23)14-7-9-16(21)10-8-14/h3-12H,2H2,1H3. The Balaban J connectivity index is 2.20. The summed E-state index contributed by atoms with van der Waals surface area (Å²) in [6.45, 7) is 2.07. The van der Waals surface area contributed by atoms with E-state index < -0.39 is 11.6 Å². The summed E-state index contributed by atoms with van der Waals surface area (Å²) in [5, 5.41) is 0. The van der Waals surface area contributed by atoms with Gasteiger partial charge in [0.2, 0.25) is 0 Å². The fourth-order valence-electron chi connectivity index (χ4n) is 2.63. The van der Waals surface area contributed by atoms with E-state index in [1.807, 2.05) is 48.5 Å². The highest BCUT2D eigenvalue weighted by molar-refractivity contribution is 9.10. The number of aryl methyl sites for hydroxylation is 1. The van der Waals surface area contributed by atoms with Gasteiger partial charge < -0.3 is 0 Å². The highest BCUT2D eigenvalue weighted by Gasteiger charge is 2.15. The summed E-state index contributed by atoms with van der Waals surface area (Å²) in [6.07, 6.45) is 0.922. The Labute approximate surface area is 142 Å². The van der Waals surface area contributed by atoms with Crippen LogP contribution in [0.1, 0.15) is 12.5 Å². The summed E-state index contributed by atoms with van der Waals surface area (Å²) in [7, 11) is 0. The summed E-state index contributed by atoms with van der Waals surface area (Å²) in [5.41, 5.74) is 3.69. The summed E-state index contributed by atoms with van der Waals surface area (Å²) < 4.78 is 29.2. The predicted molar refractivity (Wildman–Crippen MR) is 94.3 cm³/mol. The van der Waals surface area contributed by atoms with Crippen molar-refractivity contribution < 1.29 is 8.78 Å². The van der Waals surface area contributed by atoms with Crippen molar-refractivity contribution in [2.75, 3.05) is 0 Å². The Morgan fingerprint density at radius 3 is 2.04 bits per heavy atom. The summed E-state index contributed by atoms with van der Waals surface area (Å²) in [4.78, 5) is 0. The molecule has 3 heteroatoms. The fraction of sp³-hybridized carbons (Fsp3) is 0.100. The van der Waals surface area contributed by atoms with E-state index in [1.54, 1.807) is 0 Å².